The van der Waals surface area contributed by atoms with Crippen LogP contribution >= 0.6 is 0 Å². The average molecular weight is 444 g/mol. The summed E-state index contributed by atoms with van der Waals surface area (Å²) in [4.78, 5) is 41.4. The lowest BCUT2D eigenvalue weighted by Crippen LogP contribution is -2.46. The van der Waals surface area contributed by atoms with Gasteiger partial charge < -0.3 is 24.6 Å². The van der Waals surface area contributed by atoms with Crippen LogP contribution in [0.15, 0.2) is 42.2 Å². The van der Waals surface area contributed by atoms with E-state index in [1.165, 1.54) is 11.9 Å². The topological polar surface area (TPSA) is 88.2 Å². The van der Waals surface area contributed by atoms with Crippen molar-refractivity contribution in [3.63, 3.8) is 0 Å². The van der Waals surface area contributed by atoms with Crippen LogP contribution in [0.5, 0.6) is 0 Å². The lowest BCUT2D eigenvalue weighted by molar-refractivity contribution is -0.154. The highest BCUT2D eigenvalue weighted by atomic mass is 16.6. The highest BCUT2D eigenvalue weighted by Crippen LogP contribution is 2.36. The minimum Gasteiger partial charge on any atom is -0.457 e. The number of rotatable bonds is 4. The highest BCUT2D eigenvalue weighted by molar-refractivity contribution is 5.96. The van der Waals surface area contributed by atoms with Crippen LogP contribution < -0.4 is 5.32 Å². The number of esters is 2. The van der Waals surface area contributed by atoms with Crippen molar-refractivity contribution in [1.29, 1.82) is 0 Å². The van der Waals surface area contributed by atoms with Gasteiger partial charge in [-0.3, -0.25) is 0 Å². The summed E-state index contributed by atoms with van der Waals surface area (Å²) in [5, 5.41) is 2.60. The molecule has 1 N–H and O–H groups in total. The van der Waals surface area contributed by atoms with E-state index in [-0.39, 0.29) is 11.7 Å². The van der Waals surface area contributed by atoms with Gasteiger partial charge in [0.1, 0.15) is 23.1 Å². The molecule has 0 fully saturated rings. The van der Waals surface area contributed by atoms with Crippen LogP contribution in [0.25, 0.3) is 6.08 Å². The van der Waals surface area contributed by atoms with Crippen LogP contribution in [0.1, 0.15) is 58.8 Å². The van der Waals surface area contributed by atoms with E-state index in [4.69, 9.17) is 9.47 Å². The molecule has 1 aliphatic heterocycles. The first-order valence-electron chi connectivity index (χ1n) is 10.4. The Morgan fingerprint density at radius 1 is 1.03 bits per heavy atom. The third-order valence-corrected chi connectivity index (χ3v) is 4.40. The van der Waals surface area contributed by atoms with Crippen molar-refractivity contribution < 1.29 is 23.9 Å². The molecule has 1 heterocycles. The molecule has 8 nitrogen and oxygen atoms in total. The fraction of sp³-hybridized carbons (Fsp3) is 0.458. The van der Waals surface area contributed by atoms with Crippen molar-refractivity contribution in [2.45, 2.75) is 58.9 Å². The predicted octanol–water partition coefficient (Wildman–Crippen LogP) is 3.81. The monoisotopic (exact) mass is 443 g/mol. The molecule has 1 aromatic rings. The van der Waals surface area contributed by atoms with Crippen molar-refractivity contribution >= 4 is 24.0 Å². The smallest absolute Gasteiger partial charge is 0.355 e. The third-order valence-electron chi connectivity index (χ3n) is 4.40. The van der Waals surface area contributed by atoms with Gasteiger partial charge in [0.2, 0.25) is 0 Å². The number of carbonyl (C=O) groups excluding carboxylic acids is 3. The van der Waals surface area contributed by atoms with Crippen molar-refractivity contribution in [1.82, 2.24) is 15.1 Å². The highest BCUT2D eigenvalue weighted by Gasteiger charge is 2.36. The molecule has 0 radical (unpaired) electrons. The summed E-state index contributed by atoms with van der Waals surface area (Å²) < 4.78 is 11.0. The molecule has 0 saturated carbocycles. The number of nitrogens with one attached hydrogen (secondary N) is 1. The summed E-state index contributed by atoms with van der Waals surface area (Å²) in [6.07, 6.45) is 3.89. The van der Waals surface area contributed by atoms with E-state index in [9.17, 15) is 14.4 Å². The van der Waals surface area contributed by atoms with E-state index in [0.717, 1.165) is 17.2 Å². The van der Waals surface area contributed by atoms with Gasteiger partial charge in [-0.05, 0) is 53.2 Å². The average Bonchev–Trinajstić information content (AvgIpc) is 2.67. The van der Waals surface area contributed by atoms with E-state index in [0.29, 0.717) is 0 Å². The number of fused-ring (bicyclic) bond motifs is 1. The predicted molar refractivity (Wildman–Crippen MR) is 122 cm³/mol. The molecule has 0 spiro atoms. The minimum absolute atomic E-state index is 0.0410. The zero-order valence-corrected chi connectivity index (χ0v) is 20.1. The van der Waals surface area contributed by atoms with Crippen molar-refractivity contribution in [3.05, 3.63) is 53.4 Å². The van der Waals surface area contributed by atoms with Gasteiger partial charge in [-0.15, -0.1) is 0 Å². The fourth-order valence-corrected chi connectivity index (χ4v) is 3.20. The van der Waals surface area contributed by atoms with Gasteiger partial charge in [0.25, 0.3) is 0 Å². The Morgan fingerprint density at radius 3 is 2.19 bits per heavy atom. The van der Waals surface area contributed by atoms with Crippen LogP contribution in [0, 0.1) is 0 Å². The fourth-order valence-electron chi connectivity index (χ4n) is 3.20. The molecule has 2 amide bonds. The Kier molecular flexibility index (Phi) is 7.38. The van der Waals surface area contributed by atoms with Gasteiger partial charge in [-0.2, -0.15) is 0 Å². The van der Waals surface area contributed by atoms with Crippen LogP contribution in [-0.4, -0.2) is 53.1 Å². The maximum Gasteiger partial charge on any atom is 0.355 e. The molecule has 2 rings (SSSR count). The van der Waals surface area contributed by atoms with E-state index in [1.807, 2.05) is 30.3 Å². The molecule has 0 bridgehead atoms. The number of hydrogen-bond acceptors (Lipinski definition) is 6. The van der Waals surface area contributed by atoms with E-state index < -0.39 is 29.3 Å². The quantitative estimate of drug-likeness (QED) is 0.562. The second-order valence-electron chi connectivity index (χ2n) is 9.46. The summed E-state index contributed by atoms with van der Waals surface area (Å²) in [7, 11) is 3.14. The number of amides is 2. The molecule has 0 saturated heterocycles. The minimum atomic E-state index is -0.788. The normalized spacial score (nSPS) is 16.2. The van der Waals surface area contributed by atoms with Crippen LogP contribution in [0.3, 0.4) is 0 Å². The second kappa shape index (κ2) is 9.46. The molecule has 174 valence electrons. The summed E-state index contributed by atoms with van der Waals surface area (Å²) in [5.41, 5.74) is 0.115. The molecule has 0 aromatic heterocycles. The summed E-state index contributed by atoms with van der Waals surface area (Å²) in [6, 6.07) is 7.17. The first-order valence-corrected chi connectivity index (χ1v) is 10.4. The van der Waals surface area contributed by atoms with Crippen molar-refractivity contribution in [3.8, 4) is 0 Å². The maximum absolute atomic E-state index is 13.2. The van der Waals surface area contributed by atoms with Crippen LogP contribution in [0.2, 0.25) is 0 Å². The molecule has 1 aliphatic rings. The van der Waals surface area contributed by atoms with E-state index in [2.05, 4.69) is 5.32 Å². The van der Waals surface area contributed by atoms with Crippen molar-refractivity contribution in [2.75, 3.05) is 14.1 Å². The largest absolute Gasteiger partial charge is 0.457 e. The Balaban J connectivity index is 2.62. The molecule has 1 atom stereocenters. The summed E-state index contributed by atoms with van der Waals surface area (Å²) in [5.74, 6) is -1.39. The number of carbonyl (C=O) groups is 3. The first kappa shape index (κ1) is 25.0. The lowest BCUT2D eigenvalue weighted by atomic mass is 9.99. The number of benzene rings is 1. The molecular formula is C24H33N3O5. The van der Waals surface area contributed by atoms with Gasteiger partial charge in [0, 0.05) is 25.9 Å². The lowest BCUT2D eigenvalue weighted by Gasteiger charge is -2.40. The van der Waals surface area contributed by atoms with Crippen LogP contribution in [-0.2, 0) is 19.1 Å². The zero-order chi connectivity index (χ0) is 24.3. The Labute approximate surface area is 189 Å². The van der Waals surface area contributed by atoms with Gasteiger partial charge >= 0.3 is 18.0 Å². The van der Waals surface area contributed by atoms with Gasteiger partial charge in [0.15, 0.2) is 0 Å². The van der Waals surface area contributed by atoms with E-state index >= 15 is 0 Å². The van der Waals surface area contributed by atoms with Crippen LogP contribution in [0.4, 0.5) is 4.79 Å². The molecule has 1 aromatic carbocycles. The second-order valence-corrected chi connectivity index (χ2v) is 9.46. The Bertz CT molecular complexity index is 938. The van der Waals surface area contributed by atoms with Gasteiger partial charge in [-0.25, -0.2) is 14.4 Å². The number of hydrogen-bond donors (Lipinski definition) is 1. The molecule has 0 aliphatic carbocycles. The van der Waals surface area contributed by atoms with E-state index in [1.54, 1.807) is 59.7 Å². The molecule has 32 heavy (non-hydrogen) atoms. The Morgan fingerprint density at radius 2 is 1.62 bits per heavy atom. The first-order chi connectivity index (χ1) is 14.7. The SMILES string of the molecule is CNC(=O)N(C)C1c2ccccc2C=CN1/C(=C/C(=O)OC(C)(C)C)C(=O)OC(C)(C)C. The molecule has 8 heteroatoms. The molecule has 1 unspecified atom stereocenters. The number of ether oxygens (including phenoxy) is 2. The number of nitrogens with zero attached hydrogens (tertiary/aromatic N) is 2. The number of urea groups is 1. The molecular weight excluding hydrogens is 410 g/mol. The van der Waals surface area contributed by atoms with Gasteiger partial charge in [-0.1, -0.05) is 24.3 Å². The van der Waals surface area contributed by atoms with Gasteiger partial charge in [0.05, 0.1) is 6.08 Å². The maximum atomic E-state index is 13.2. The Hall–Kier alpha value is -3.29. The van der Waals surface area contributed by atoms with Crippen molar-refractivity contribution in [2.24, 2.45) is 0 Å². The standard InChI is InChI=1S/C24H33N3O5/c1-23(2,3)31-19(28)15-18(21(29)32-24(4,5)6)27-14-13-16-11-9-10-12-17(16)20(27)26(8)22(30)25-7/h9-15,20H,1-8H3,(H,25,30)/b18-15+. The summed E-state index contributed by atoms with van der Waals surface area (Å²) in [6.45, 7) is 10.4. The summed E-state index contributed by atoms with van der Waals surface area (Å²) >= 11 is 0. The third kappa shape index (κ3) is 6.35. The zero-order valence-electron chi connectivity index (χ0n) is 20.1.